The van der Waals surface area contributed by atoms with Crippen molar-refractivity contribution in [2.45, 2.75) is 64.3 Å². The van der Waals surface area contributed by atoms with Crippen molar-refractivity contribution in [1.82, 2.24) is 0 Å². The molecule has 2 nitrogen and oxygen atoms in total. The third kappa shape index (κ3) is 7.69. The molecule has 0 bridgehead atoms. The Bertz CT molecular complexity index is 1400. The summed E-state index contributed by atoms with van der Waals surface area (Å²) in [5.41, 5.74) is 3.30. The number of rotatable bonds is 14. The van der Waals surface area contributed by atoms with Crippen LogP contribution in [-0.2, 0) is 19.4 Å². The molecule has 0 saturated carbocycles. The lowest BCUT2D eigenvalue weighted by molar-refractivity contribution is 0.576. The number of nitriles is 1. The van der Waals surface area contributed by atoms with Crippen LogP contribution in [0.2, 0.25) is 0 Å². The van der Waals surface area contributed by atoms with E-state index in [1.54, 1.807) is 35.6 Å². The van der Waals surface area contributed by atoms with Gasteiger partial charge in [-0.25, -0.2) is 8.78 Å². The first-order chi connectivity index (χ1) is 18.6. The lowest BCUT2D eigenvalue weighted by Crippen LogP contribution is -1.91. The molecule has 38 heavy (non-hydrogen) atoms. The Hall–Kier alpha value is -3.14. The van der Waals surface area contributed by atoms with Gasteiger partial charge in [0.1, 0.15) is 22.6 Å². The molecular weight excluding hydrogens is 514 g/mol. The van der Waals surface area contributed by atoms with Crippen molar-refractivity contribution in [1.29, 1.82) is 5.26 Å². The fraction of sp³-hybridized carbons (Fsp3) is 0.312. The fourth-order valence-electron chi connectivity index (χ4n) is 4.63. The van der Waals surface area contributed by atoms with Gasteiger partial charge in [-0.1, -0.05) is 56.4 Å². The topological polar surface area (TPSA) is 36.1 Å². The molecule has 0 fully saturated rings. The monoisotopic (exact) mass is 546 g/mol. The highest BCUT2D eigenvalue weighted by Gasteiger charge is 2.10. The largest absolute Gasteiger partial charge is 0.295 e. The summed E-state index contributed by atoms with van der Waals surface area (Å²) in [7, 11) is 0. The average Bonchev–Trinajstić information content (AvgIpc) is 3.58. The zero-order chi connectivity index (χ0) is 26.7. The summed E-state index contributed by atoms with van der Waals surface area (Å²) in [5, 5.41) is 8.97. The van der Waals surface area contributed by atoms with Crippen LogP contribution in [0.25, 0.3) is 20.9 Å². The van der Waals surface area contributed by atoms with E-state index < -0.39 is 0 Å². The summed E-state index contributed by atoms with van der Waals surface area (Å²) in [5.74, 6) is -0.373. The third-order valence-corrected chi connectivity index (χ3v) is 8.80. The molecule has 0 atom stereocenters. The minimum Gasteiger partial charge on any atom is -0.295 e. The smallest absolute Gasteiger partial charge is 0.132 e. The Kier molecular flexibility index (Phi) is 10.4. The van der Waals surface area contributed by atoms with Gasteiger partial charge >= 0.3 is 0 Å². The standard InChI is InChI=1S/C32H32F2N2S2/c1-36-22-26-14-18-32(38-26)28-16-12-24(20-30(28)34)10-8-6-4-2-3-5-7-9-23-11-15-27(29(33)19-23)31-17-13-25(21-35)37-31/h11-20H,1-10,22H2. The molecule has 2 heterocycles. The molecule has 0 spiro atoms. The van der Waals surface area contributed by atoms with Crippen molar-refractivity contribution in [2.24, 2.45) is 4.99 Å². The molecule has 2 aromatic carbocycles. The van der Waals surface area contributed by atoms with Crippen LogP contribution in [0.1, 0.15) is 65.8 Å². The van der Waals surface area contributed by atoms with Gasteiger partial charge in [0, 0.05) is 25.8 Å². The van der Waals surface area contributed by atoms with Gasteiger partial charge in [0.05, 0.1) is 6.54 Å². The number of hydrogen-bond acceptors (Lipinski definition) is 4. The third-order valence-electron chi connectivity index (χ3n) is 6.67. The molecule has 0 amide bonds. The molecule has 0 aliphatic rings. The number of hydrogen-bond donors (Lipinski definition) is 0. The van der Waals surface area contributed by atoms with Crippen LogP contribution in [-0.4, -0.2) is 6.72 Å². The summed E-state index contributed by atoms with van der Waals surface area (Å²) in [4.78, 5) is 7.31. The minimum absolute atomic E-state index is 0.156. The highest BCUT2D eigenvalue weighted by molar-refractivity contribution is 7.16. The van der Waals surface area contributed by atoms with Crippen molar-refractivity contribution in [3.8, 4) is 27.0 Å². The number of unbranched alkanes of at least 4 members (excludes halogenated alkanes) is 6. The molecule has 2 aromatic heterocycles. The highest BCUT2D eigenvalue weighted by atomic mass is 32.1. The second-order valence-corrected chi connectivity index (χ2v) is 11.8. The van der Waals surface area contributed by atoms with E-state index in [2.05, 4.69) is 17.8 Å². The molecule has 6 heteroatoms. The number of nitrogens with zero attached hydrogens (tertiary/aromatic N) is 2. The molecule has 0 unspecified atom stereocenters. The lowest BCUT2D eigenvalue weighted by atomic mass is 10.0. The molecule has 196 valence electrons. The summed E-state index contributed by atoms with van der Waals surface area (Å²) >= 11 is 2.88. The van der Waals surface area contributed by atoms with Crippen molar-refractivity contribution >= 4 is 29.4 Å². The van der Waals surface area contributed by atoms with Gasteiger partial charge in [-0.15, -0.1) is 22.7 Å². The van der Waals surface area contributed by atoms with Gasteiger partial charge in [-0.05, 0) is 79.9 Å². The second kappa shape index (κ2) is 14.1. The minimum atomic E-state index is -0.218. The predicted octanol–water partition coefficient (Wildman–Crippen LogP) is 10.0. The Morgan fingerprint density at radius 2 is 1.21 bits per heavy atom. The lowest BCUT2D eigenvalue weighted by Gasteiger charge is -2.06. The number of aliphatic imine (C=N–C) groups is 1. The fourth-order valence-corrected chi connectivity index (χ4v) is 6.45. The maximum Gasteiger partial charge on any atom is 0.132 e. The van der Waals surface area contributed by atoms with Gasteiger partial charge < -0.3 is 0 Å². The van der Waals surface area contributed by atoms with E-state index in [-0.39, 0.29) is 11.6 Å². The van der Waals surface area contributed by atoms with Crippen LogP contribution in [0, 0.1) is 23.0 Å². The quantitative estimate of drug-likeness (QED) is 0.114. The van der Waals surface area contributed by atoms with E-state index in [9.17, 15) is 8.78 Å². The number of halogens is 2. The molecular formula is C32H32F2N2S2. The molecule has 0 N–H and O–H groups in total. The molecule has 0 radical (unpaired) electrons. The van der Waals surface area contributed by atoms with Gasteiger partial charge in [-0.2, -0.15) is 5.26 Å². The summed E-state index contributed by atoms with van der Waals surface area (Å²) in [6, 6.07) is 20.7. The summed E-state index contributed by atoms with van der Waals surface area (Å²) < 4.78 is 29.2. The van der Waals surface area contributed by atoms with E-state index in [1.165, 1.54) is 30.6 Å². The van der Waals surface area contributed by atoms with Crippen LogP contribution in [0.15, 0.2) is 65.7 Å². The number of aryl methyl sites for hydroxylation is 2. The van der Waals surface area contributed by atoms with E-state index in [4.69, 9.17) is 5.26 Å². The Morgan fingerprint density at radius 1 is 0.684 bits per heavy atom. The molecule has 0 aliphatic heterocycles. The maximum absolute atomic E-state index is 14.7. The number of benzene rings is 2. The molecule has 0 saturated heterocycles. The highest BCUT2D eigenvalue weighted by Crippen LogP contribution is 2.32. The van der Waals surface area contributed by atoms with Gasteiger partial charge in [-0.3, -0.25) is 4.99 Å². The van der Waals surface area contributed by atoms with E-state index in [0.29, 0.717) is 22.5 Å². The summed E-state index contributed by atoms with van der Waals surface area (Å²) in [6.07, 6.45) is 9.75. The summed E-state index contributed by atoms with van der Waals surface area (Å²) in [6.45, 7) is 4.09. The van der Waals surface area contributed by atoms with Crippen molar-refractivity contribution in [3.63, 3.8) is 0 Å². The van der Waals surface area contributed by atoms with Crippen molar-refractivity contribution < 1.29 is 8.78 Å². The number of thiophene rings is 2. The first-order valence-electron chi connectivity index (χ1n) is 13.2. The normalized spacial score (nSPS) is 11.0. The van der Waals surface area contributed by atoms with Gasteiger partial charge in [0.25, 0.3) is 0 Å². The Labute approximate surface area is 232 Å². The zero-order valence-electron chi connectivity index (χ0n) is 21.5. The van der Waals surface area contributed by atoms with E-state index >= 15 is 0 Å². The van der Waals surface area contributed by atoms with Crippen molar-refractivity contribution in [3.05, 3.63) is 93.2 Å². The van der Waals surface area contributed by atoms with Crippen LogP contribution < -0.4 is 0 Å². The second-order valence-electron chi connectivity index (χ2n) is 9.53. The van der Waals surface area contributed by atoms with Crippen LogP contribution in [0.4, 0.5) is 8.78 Å². The maximum atomic E-state index is 14.7. The predicted molar refractivity (Wildman–Crippen MR) is 157 cm³/mol. The Balaban J connectivity index is 1.10. The SMILES string of the molecule is C=NCc1ccc(-c2ccc(CCCCCCCCCc3ccc(-c4ccc(C#N)s4)c(F)c3)cc2F)s1. The van der Waals surface area contributed by atoms with E-state index in [1.807, 2.05) is 36.4 Å². The average molecular weight is 547 g/mol. The molecule has 0 aliphatic carbocycles. The van der Waals surface area contributed by atoms with Crippen LogP contribution in [0.3, 0.4) is 0 Å². The van der Waals surface area contributed by atoms with Gasteiger partial charge in [0.2, 0.25) is 0 Å². The molecule has 4 rings (SSSR count). The van der Waals surface area contributed by atoms with Crippen LogP contribution in [0.5, 0.6) is 0 Å². The zero-order valence-corrected chi connectivity index (χ0v) is 23.2. The Morgan fingerprint density at radius 3 is 1.71 bits per heavy atom. The van der Waals surface area contributed by atoms with Gasteiger partial charge in [0.15, 0.2) is 0 Å². The van der Waals surface area contributed by atoms with E-state index in [0.717, 1.165) is 64.3 Å². The molecule has 4 aromatic rings. The van der Waals surface area contributed by atoms with Crippen LogP contribution >= 0.6 is 22.7 Å². The first-order valence-corrected chi connectivity index (χ1v) is 14.8. The van der Waals surface area contributed by atoms with Crippen molar-refractivity contribution in [2.75, 3.05) is 0 Å². The first kappa shape index (κ1) is 27.9.